The summed E-state index contributed by atoms with van der Waals surface area (Å²) in [7, 11) is 0. The predicted octanol–water partition coefficient (Wildman–Crippen LogP) is 5.74. The topological polar surface area (TPSA) is 20.1 Å². The third-order valence-corrected chi connectivity index (χ3v) is 5.24. The second-order valence-corrected chi connectivity index (χ2v) is 7.60. The minimum Gasteiger partial charge on any atom is -0.293 e. The summed E-state index contributed by atoms with van der Waals surface area (Å²) < 4.78 is 0. The number of allylic oxidation sites excluding steroid dienone is 1. The zero-order valence-electron chi connectivity index (χ0n) is 16.3. The van der Waals surface area contributed by atoms with Crippen LogP contribution in [0.25, 0.3) is 0 Å². The lowest BCUT2D eigenvalue weighted by Crippen LogP contribution is -2.17. The molecular formula is C26H25NO. The molecular weight excluding hydrogens is 342 g/mol. The van der Waals surface area contributed by atoms with E-state index in [9.17, 15) is 4.79 Å². The number of carbonyl (C=O) groups is 1. The van der Waals surface area contributed by atoms with E-state index in [0.29, 0.717) is 0 Å². The second-order valence-electron chi connectivity index (χ2n) is 7.60. The molecule has 1 aliphatic rings. The van der Waals surface area contributed by atoms with Gasteiger partial charge >= 0.3 is 0 Å². The maximum absolute atomic E-state index is 13.1. The third kappa shape index (κ3) is 3.69. The molecule has 1 aliphatic heterocycles. The molecule has 1 saturated heterocycles. The summed E-state index contributed by atoms with van der Waals surface area (Å²) >= 11 is 0. The molecule has 0 aromatic heterocycles. The average molecular weight is 367 g/mol. The molecule has 0 amide bonds. The van der Waals surface area contributed by atoms with E-state index < -0.39 is 0 Å². The normalized spacial score (nSPS) is 20.6. The van der Waals surface area contributed by atoms with Gasteiger partial charge in [0.25, 0.3) is 0 Å². The molecule has 3 aromatic carbocycles. The van der Waals surface area contributed by atoms with Gasteiger partial charge in [-0.1, -0.05) is 96.6 Å². The Morgan fingerprint density at radius 1 is 0.786 bits per heavy atom. The van der Waals surface area contributed by atoms with Crippen LogP contribution in [0.3, 0.4) is 0 Å². The van der Waals surface area contributed by atoms with Crippen LogP contribution in [0.1, 0.15) is 42.6 Å². The molecule has 1 unspecified atom stereocenters. The van der Waals surface area contributed by atoms with Gasteiger partial charge in [-0.2, -0.15) is 0 Å². The highest BCUT2D eigenvalue weighted by Gasteiger charge is 2.55. The van der Waals surface area contributed by atoms with E-state index in [0.717, 1.165) is 5.57 Å². The van der Waals surface area contributed by atoms with Gasteiger partial charge < -0.3 is 0 Å². The number of rotatable bonds is 6. The van der Waals surface area contributed by atoms with E-state index in [2.05, 4.69) is 65.6 Å². The van der Waals surface area contributed by atoms with Crippen molar-refractivity contribution >= 4 is 5.78 Å². The van der Waals surface area contributed by atoms with Crippen molar-refractivity contribution in [2.24, 2.45) is 0 Å². The molecule has 3 aromatic rings. The number of hydrogen-bond donors (Lipinski definition) is 0. The minimum absolute atomic E-state index is 0.0483. The maximum atomic E-state index is 13.1. The van der Waals surface area contributed by atoms with Crippen LogP contribution >= 0.6 is 0 Å². The smallest absolute Gasteiger partial charge is 0.174 e. The maximum Gasteiger partial charge on any atom is 0.174 e. The molecule has 0 N–H and O–H groups in total. The molecule has 0 saturated carbocycles. The van der Waals surface area contributed by atoms with E-state index in [1.807, 2.05) is 44.2 Å². The Morgan fingerprint density at radius 3 is 1.71 bits per heavy atom. The van der Waals surface area contributed by atoms with Gasteiger partial charge in [-0.15, -0.1) is 0 Å². The van der Waals surface area contributed by atoms with Crippen molar-refractivity contribution in [3.8, 4) is 0 Å². The van der Waals surface area contributed by atoms with Gasteiger partial charge in [-0.3, -0.25) is 9.69 Å². The first-order valence-corrected chi connectivity index (χ1v) is 9.78. The van der Waals surface area contributed by atoms with Crippen LogP contribution in [0.2, 0.25) is 0 Å². The predicted molar refractivity (Wildman–Crippen MR) is 114 cm³/mol. The first kappa shape index (κ1) is 18.4. The molecule has 1 heterocycles. The molecule has 3 atom stereocenters. The van der Waals surface area contributed by atoms with Gasteiger partial charge in [0.05, 0.1) is 18.1 Å². The number of carbonyl (C=O) groups excluding carboxylic acids is 1. The molecule has 1 fully saturated rings. The minimum atomic E-state index is -0.136. The Bertz CT molecular complexity index is 920. The number of nitrogens with zero attached hydrogens (tertiary/aromatic N) is 1. The summed E-state index contributed by atoms with van der Waals surface area (Å²) in [5.74, 6) is 0.186. The van der Waals surface area contributed by atoms with Crippen LogP contribution in [-0.4, -0.2) is 16.7 Å². The molecule has 0 spiro atoms. The zero-order valence-corrected chi connectivity index (χ0v) is 16.3. The van der Waals surface area contributed by atoms with Gasteiger partial charge in [0, 0.05) is 0 Å². The summed E-state index contributed by atoms with van der Waals surface area (Å²) in [5, 5.41) is 0. The standard InChI is InChI=1S/C26H25NO/c1-19(2)18-23(28)26-25(22-16-10-5-11-17-22)27(26)24(20-12-6-3-7-13-20)21-14-8-4-9-15-21/h3-18,24-26H,1-2H3/t25-,26+,27?/m1/s1. The van der Waals surface area contributed by atoms with Crippen molar-refractivity contribution in [3.63, 3.8) is 0 Å². The molecule has 0 bridgehead atoms. The number of ketones is 1. The van der Waals surface area contributed by atoms with E-state index in [1.54, 1.807) is 6.08 Å². The fraction of sp³-hybridized carbons (Fsp3) is 0.192. The van der Waals surface area contributed by atoms with Crippen molar-refractivity contribution in [3.05, 3.63) is 119 Å². The van der Waals surface area contributed by atoms with Gasteiger partial charge in [0.2, 0.25) is 0 Å². The third-order valence-electron chi connectivity index (χ3n) is 5.24. The fourth-order valence-corrected chi connectivity index (χ4v) is 4.05. The second kappa shape index (κ2) is 7.95. The summed E-state index contributed by atoms with van der Waals surface area (Å²) in [4.78, 5) is 15.4. The fourth-order valence-electron chi connectivity index (χ4n) is 4.05. The average Bonchev–Trinajstić information content (AvgIpc) is 3.45. The van der Waals surface area contributed by atoms with Gasteiger partial charge in [0.1, 0.15) is 0 Å². The SMILES string of the molecule is CC(C)=CC(=O)[C@H]1[C@@H](c2ccccc2)N1C(c1ccccc1)c1ccccc1. The van der Waals surface area contributed by atoms with Crippen molar-refractivity contribution < 1.29 is 4.79 Å². The van der Waals surface area contributed by atoms with Crippen molar-refractivity contribution in [2.45, 2.75) is 32.0 Å². The lowest BCUT2D eigenvalue weighted by atomic mass is 9.98. The summed E-state index contributed by atoms with van der Waals surface area (Å²) in [6, 6.07) is 31.3. The van der Waals surface area contributed by atoms with Gasteiger partial charge in [0.15, 0.2) is 5.78 Å². The van der Waals surface area contributed by atoms with Crippen LogP contribution in [0.5, 0.6) is 0 Å². The molecule has 0 aliphatic carbocycles. The highest BCUT2D eigenvalue weighted by atomic mass is 16.1. The highest BCUT2D eigenvalue weighted by Crippen LogP contribution is 2.52. The quantitative estimate of drug-likeness (QED) is 0.409. The van der Waals surface area contributed by atoms with Crippen molar-refractivity contribution in [1.82, 2.24) is 4.90 Å². The Labute approximate surface area is 167 Å². The van der Waals surface area contributed by atoms with E-state index in [1.165, 1.54) is 16.7 Å². The summed E-state index contributed by atoms with van der Waals surface area (Å²) in [6.45, 7) is 3.96. The number of benzene rings is 3. The van der Waals surface area contributed by atoms with Crippen LogP contribution < -0.4 is 0 Å². The lowest BCUT2D eigenvalue weighted by Gasteiger charge is -2.21. The van der Waals surface area contributed by atoms with Crippen molar-refractivity contribution in [2.75, 3.05) is 0 Å². The lowest BCUT2D eigenvalue weighted by molar-refractivity contribution is -0.115. The zero-order chi connectivity index (χ0) is 19.5. The summed E-state index contributed by atoms with van der Waals surface area (Å²) in [6.07, 6.45) is 1.79. The Balaban J connectivity index is 1.79. The van der Waals surface area contributed by atoms with Crippen LogP contribution in [0.15, 0.2) is 103 Å². The van der Waals surface area contributed by atoms with Crippen molar-refractivity contribution in [1.29, 1.82) is 0 Å². The number of hydrogen-bond acceptors (Lipinski definition) is 2. The van der Waals surface area contributed by atoms with Crippen LogP contribution in [0, 0.1) is 0 Å². The van der Waals surface area contributed by atoms with Crippen LogP contribution in [-0.2, 0) is 4.79 Å². The van der Waals surface area contributed by atoms with Gasteiger partial charge in [-0.05, 0) is 36.6 Å². The molecule has 28 heavy (non-hydrogen) atoms. The molecule has 2 heteroatoms. The van der Waals surface area contributed by atoms with Gasteiger partial charge in [-0.25, -0.2) is 0 Å². The Morgan fingerprint density at radius 2 is 1.25 bits per heavy atom. The van der Waals surface area contributed by atoms with Crippen LogP contribution in [0.4, 0.5) is 0 Å². The molecule has 0 radical (unpaired) electrons. The first-order valence-electron chi connectivity index (χ1n) is 9.78. The summed E-state index contributed by atoms with van der Waals surface area (Å²) in [5.41, 5.74) is 4.66. The highest BCUT2D eigenvalue weighted by molar-refractivity contribution is 5.98. The molecule has 4 rings (SSSR count). The largest absolute Gasteiger partial charge is 0.293 e. The van der Waals surface area contributed by atoms with E-state index in [4.69, 9.17) is 0 Å². The first-order chi connectivity index (χ1) is 13.7. The van der Waals surface area contributed by atoms with E-state index >= 15 is 0 Å². The Kier molecular flexibility index (Phi) is 5.23. The molecule has 140 valence electrons. The van der Waals surface area contributed by atoms with E-state index in [-0.39, 0.29) is 23.9 Å². The molecule has 2 nitrogen and oxygen atoms in total. The monoisotopic (exact) mass is 367 g/mol. The Hall–Kier alpha value is -2.97.